The van der Waals surface area contributed by atoms with Gasteiger partial charge in [-0.1, -0.05) is 0 Å². The number of ether oxygens (including phenoxy) is 1. The van der Waals surface area contributed by atoms with Crippen molar-refractivity contribution in [2.45, 2.75) is 25.8 Å². The maximum Gasteiger partial charge on any atom is 0.324 e. The maximum atomic E-state index is 14.4. The van der Waals surface area contributed by atoms with Crippen LogP contribution >= 0.6 is 0 Å². The summed E-state index contributed by atoms with van der Waals surface area (Å²) in [6, 6.07) is 3.59. The van der Waals surface area contributed by atoms with Crippen LogP contribution in [0, 0.1) is 24.6 Å². The summed E-state index contributed by atoms with van der Waals surface area (Å²) in [6.07, 6.45) is 4.83. The van der Waals surface area contributed by atoms with Gasteiger partial charge < -0.3 is 20.7 Å². The molecule has 2 unspecified atom stereocenters. The van der Waals surface area contributed by atoms with Crippen molar-refractivity contribution in [3.05, 3.63) is 47.4 Å². The van der Waals surface area contributed by atoms with Crippen LogP contribution in [0.2, 0.25) is 0 Å². The number of fused-ring (bicyclic) bond motifs is 4. The lowest BCUT2D eigenvalue weighted by Gasteiger charge is -2.36. The molecule has 6 rings (SSSR count). The summed E-state index contributed by atoms with van der Waals surface area (Å²) in [5, 5.41) is 3.12. The molecule has 2 fully saturated rings. The Kier molecular flexibility index (Phi) is 4.29. The van der Waals surface area contributed by atoms with Crippen LogP contribution in [-0.4, -0.2) is 46.1 Å². The molecule has 2 aromatic heterocycles. The number of nitrogens with one attached hydrogen (secondary N) is 1. The molecule has 8 nitrogen and oxygen atoms in total. The van der Waals surface area contributed by atoms with E-state index in [0.29, 0.717) is 29.8 Å². The number of rotatable bonds is 4. The molecule has 0 bridgehead atoms. The first kappa shape index (κ1) is 19.4. The molecular weight excluding hydrogens is 409 g/mol. The number of aromatic nitrogens is 4. The summed E-state index contributed by atoms with van der Waals surface area (Å²) in [6.45, 7) is 3.54. The Balaban J connectivity index is 1.46. The number of hydrogen-bond acceptors (Lipinski definition) is 8. The van der Waals surface area contributed by atoms with E-state index in [1.807, 2.05) is 6.92 Å². The minimum Gasteiger partial charge on any atom is -0.421 e. The molecule has 9 heteroatoms. The summed E-state index contributed by atoms with van der Waals surface area (Å²) in [4.78, 5) is 20.1. The summed E-state index contributed by atoms with van der Waals surface area (Å²) in [5.74, 6) is 2.68. The van der Waals surface area contributed by atoms with Gasteiger partial charge in [-0.3, -0.25) is 0 Å². The van der Waals surface area contributed by atoms with Gasteiger partial charge in [0.15, 0.2) is 5.75 Å². The highest BCUT2D eigenvalue weighted by molar-refractivity contribution is 5.88. The van der Waals surface area contributed by atoms with Crippen molar-refractivity contribution in [3.63, 3.8) is 0 Å². The third kappa shape index (κ3) is 2.99. The largest absolute Gasteiger partial charge is 0.421 e. The van der Waals surface area contributed by atoms with E-state index in [1.54, 1.807) is 25.5 Å². The number of halogens is 1. The third-order valence-electron chi connectivity index (χ3n) is 6.92. The number of benzene rings is 1. The van der Waals surface area contributed by atoms with Gasteiger partial charge >= 0.3 is 6.01 Å². The SMILES string of the molecule is CNc1cc(F)cc2c1Cc1nc(Oc3cnc(C)nc3)nc(N3CC4C[C@@H](N)C4C3)c1-2. The summed E-state index contributed by atoms with van der Waals surface area (Å²) in [5.41, 5.74) is 10.6. The number of hydrogen-bond donors (Lipinski definition) is 2. The molecule has 1 aromatic carbocycles. The van der Waals surface area contributed by atoms with Gasteiger partial charge in [-0.2, -0.15) is 9.97 Å². The van der Waals surface area contributed by atoms with E-state index in [1.165, 1.54) is 6.07 Å². The van der Waals surface area contributed by atoms with Crippen molar-refractivity contribution in [1.82, 2.24) is 19.9 Å². The molecule has 2 aliphatic carbocycles. The van der Waals surface area contributed by atoms with Crippen LogP contribution in [0.5, 0.6) is 11.8 Å². The van der Waals surface area contributed by atoms with Crippen molar-refractivity contribution in [1.29, 1.82) is 0 Å². The van der Waals surface area contributed by atoms with E-state index >= 15 is 0 Å². The van der Waals surface area contributed by atoms with Gasteiger partial charge in [0.05, 0.1) is 18.1 Å². The minimum atomic E-state index is -0.285. The van der Waals surface area contributed by atoms with Crippen LogP contribution in [-0.2, 0) is 6.42 Å². The standard InChI is InChI=1S/C23H24FN7O/c1-11-27-7-14(8-28-11)32-23-29-20-6-15-16(4-13(24)5-19(15)26-2)21(20)22(30-23)31-9-12-3-18(25)17(12)10-31/h4-5,7-8,12,17-18,26H,3,6,9-10,25H2,1-2H3/t12?,17?,18-/m1/s1. The van der Waals surface area contributed by atoms with E-state index in [2.05, 4.69) is 20.2 Å². The second kappa shape index (κ2) is 7.09. The first-order valence-electron chi connectivity index (χ1n) is 10.9. The molecule has 164 valence electrons. The number of nitrogens with two attached hydrogens (primary N) is 1. The van der Waals surface area contributed by atoms with Crippen LogP contribution in [0.3, 0.4) is 0 Å². The predicted octanol–water partition coefficient (Wildman–Crippen LogP) is 2.90. The van der Waals surface area contributed by atoms with E-state index in [4.69, 9.17) is 20.4 Å². The lowest BCUT2D eigenvalue weighted by molar-refractivity contribution is 0.194. The van der Waals surface area contributed by atoms with Crippen LogP contribution in [0.25, 0.3) is 11.1 Å². The molecule has 0 radical (unpaired) electrons. The molecule has 3 aliphatic rings. The second-order valence-electron chi connectivity index (χ2n) is 8.85. The van der Waals surface area contributed by atoms with Crippen molar-refractivity contribution < 1.29 is 9.13 Å². The molecule has 3 heterocycles. The Morgan fingerprint density at radius 1 is 1.19 bits per heavy atom. The molecule has 3 aromatic rings. The Bertz CT molecular complexity index is 1220. The molecule has 1 saturated heterocycles. The first-order valence-corrected chi connectivity index (χ1v) is 10.9. The highest BCUT2D eigenvalue weighted by atomic mass is 19.1. The fourth-order valence-electron chi connectivity index (χ4n) is 5.26. The highest BCUT2D eigenvalue weighted by Gasteiger charge is 2.46. The zero-order chi connectivity index (χ0) is 22.0. The lowest BCUT2D eigenvalue weighted by atomic mass is 9.72. The Labute approximate surface area is 185 Å². The van der Waals surface area contributed by atoms with Crippen LogP contribution in [0.1, 0.15) is 23.5 Å². The van der Waals surface area contributed by atoms with Gasteiger partial charge in [-0.05, 0) is 48.4 Å². The van der Waals surface area contributed by atoms with Crippen LogP contribution in [0.4, 0.5) is 15.9 Å². The smallest absolute Gasteiger partial charge is 0.324 e. The van der Waals surface area contributed by atoms with E-state index in [-0.39, 0.29) is 17.9 Å². The van der Waals surface area contributed by atoms with Gasteiger partial charge in [0, 0.05) is 43.9 Å². The van der Waals surface area contributed by atoms with Crippen LogP contribution in [0.15, 0.2) is 24.5 Å². The zero-order valence-electron chi connectivity index (χ0n) is 18.0. The normalized spacial score (nSPS) is 22.8. The second-order valence-corrected chi connectivity index (χ2v) is 8.85. The van der Waals surface area contributed by atoms with Gasteiger partial charge in [-0.15, -0.1) is 0 Å². The van der Waals surface area contributed by atoms with E-state index in [9.17, 15) is 4.39 Å². The minimum absolute atomic E-state index is 0.237. The topological polar surface area (TPSA) is 102 Å². The molecule has 0 amide bonds. The predicted molar refractivity (Wildman–Crippen MR) is 118 cm³/mol. The van der Waals surface area contributed by atoms with Crippen molar-refractivity contribution in [2.24, 2.45) is 17.6 Å². The first-order chi connectivity index (χ1) is 15.5. The van der Waals surface area contributed by atoms with E-state index < -0.39 is 0 Å². The van der Waals surface area contributed by atoms with E-state index in [0.717, 1.165) is 53.4 Å². The maximum absolute atomic E-state index is 14.4. The number of aryl methyl sites for hydroxylation is 1. The molecule has 1 aliphatic heterocycles. The van der Waals surface area contributed by atoms with Crippen molar-refractivity contribution >= 4 is 11.5 Å². The van der Waals surface area contributed by atoms with Crippen LogP contribution < -0.4 is 20.7 Å². The third-order valence-corrected chi connectivity index (χ3v) is 6.92. The molecule has 1 saturated carbocycles. The quantitative estimate of drug-likeness (QED) is 0.507. The molecule has 3 atom stereocenters. The Morgan fingerprint density at radius 2 is 2.00 bits per heavy atom. The molecule has 32 heavy (non-hydrogen) atoms. The van der Waals surface area contributed by atoms with Gasteiger partial charge in [0.1, 0.15) is 17.5 Å². The Morgan fingerprint density at radius 3 is 2.72 bits per heavy atom. The average molecular weight is 433 g/mol. The summed E-state index contributed by atoms with van der Waals surface area (Å²) < 4.78 is 20.4. The molecule has 0 spiro atoms. The van der Waals surface area contributed by atoms with Gasteiger partial charge in [0.25, 0.3) is 0 Å². The fourth-order valence-corrected chi connectivity index (χ4v) is 5.26. The van der Waals surface area contributed by atoms with Crippen molar-refractivity contribution in [2.75, 3.05) is 30.4 Å². The average Bonchev–Trinajstić information content (AvgIpc) is 3.31. The zero-order valence-corrected chi connectivity index (χ0v) is 18.0. The van der Waals surface area contributed by atoms with Gasteiger partial charge in [0.2, 0.25) is 0 Å². The number of nitrogens with zero attached hydrogens (tertiary/aromatic N) is 5. The lowest BCUT2D eigenvalue weighted by Crippen LogP contribution is -2.46. The Hall–Kier alpha value is -3.33. The molecule has 3 N–H and O–H groups in total. The monoisotopic (exact) mass is 433 g/mol. The fraction of sp³-hybridized carbons (Fsp3) is 0.391. The highest BCUT2D eigenvalue weighted by Crippen LogP contribution is 2.48. The summed E-state index contributed by atoms with van der Waals surface area (Å²) >= 11 is 0. The number of anilines is 2. The van der Waals surface area contributed by atoms with Gasteiger partial charge in [-0.25, -0.2) is 14.4 Å². The van der Waals surface area contributed by atoms with Crippen molar-refractivity contribution in [3.8, 4) is 22.9 Å². The molecular formula is C23H24FN7O. The summed E-state index contributed by atoms with van der Waals surface area (Å²) in [7, 11) is 1.80.